The third-order valence-electron chi connectivity index (χ3n) is 5.14. The van der Waals surface area contributed by atoms with Crippen LogP contribution in [0.15, 0.2) is 23.1 Å². The Morgan fingerprint density at radius 2 is 1.78 bits per heavy atom. The molecule has 1 N–H and O–H groups in total. The summed E-state index contributed by atoms with van der Waals surface area (Å²) in [5, 5.41) is 9.40. The summed E-state index contributed by atoms with van der Waals surface area (Å²) in [5.41, 5.74) is 0.154. The molecule has 148 valence electrons. The molecule has 0 aliphatic carbocycles. The Morgan fingerprint density at radius 1 is 1.11 bits per heavy atom. The van der Waals surface area contributed by atoms with Crippen molar-refractivity contribution in [1.29, 1.82) is 0 Å². The van der Waals surface area contributed by atoms with Gasteiger partial charge in [-0.2, -0.15) is 4.31 Å². The molecule has 0 unspecified atom stereocenters. The van der Waals surface area contributed by atoms with Gasteiger partial charge in [-0.05, 0) is 50.3 Å². The number of likely N-dealkylation sites (tertiary alicyclic amines) is 1. The second kappa shape index (κ2) is 7.85. The van der Waals surface area contributed by atoms with Gasteiger partial charge in [-0.25, -0.2) is 13.2 Å². The van der Waals surface area contributed by atoms with Crippen LogP contribution in [0.3, 0.4) is 0 Å². The van der Waals surface area contributed by atoms with Crippen molar-refractivity contribution in [2.45, 2.75) is 43.0 Å². The molecular formula is C18H24N2O6S. The smallest absolute Gasteiger partial charge is 0.326 e. The molecule has 0 aromatic heterocycles. The molecule has 0 saturated carbocycles. The van der Waals surface area contributed by atoms with Gasteiger partial charge in [0.05, 0.1) is 7.11 Å². The highest BCUT2D eigenvalue weighted by Gasteiger charge is 2.34. The van der Waals surface area contributed by atoms with Gasteiger partial charge in [0.1, 0.15) is 16.7 Å². The van der Waals surface area contributed by atoms with Gasteiger partial charge < -0.3 is 14.7 Å². The monoisotopic (exact) mass is 396 g/mol. The second-order valence-electron chi connectivity index (χ2n) is 6.83. The zero-order valence-corrected chi connectivity index (χ0v) is 16.1. The summed E-state index contributed by atoms with van der Waals surface area (Å²) in [6, 6.07) is 3.36. The van der Waals surface area contributed by atoms with E-state index >= 15 is 0 Å². The van der Waals surface area contributed by atoms with E-state index in [9.17, 15) is 23.1 Å². The van der Waals surface area contributed by atoms with E-state index in [1.807, 2.05) is 0 Å². The molecular weight excluding hydrogens is 372 g/mol. The third kappa shape index (κ3) is 3.79. The van der Waals surface area contributed by atoms with E-state index in [0.29, 0.717) is 26.1 Å². The lowest BCUT2D eigenvalue weighted by Gasteiger charge is -2.33. The van der Waals surface area contributed by atoms with Crippen LogP contribution in [0.2, 0.25) is 0 Å². The van der Waals surface area contributed by atoms with Crippen molar-refractivity contribution in [2.75, 3.05) is 26.7 Å². The van der Waals surface area contributed by atoms with Gasteiger partial charge >= 0.3 is 5.97 Å². The Bertz CT molecular complexity index is 832. The molecule has 2 fully saturated rings. The van der Waals surface area contributed by atoms with E-state index < -0.39 is 27.9 Å². The number of benzene rings is 1. The van der Waals surface area contributed by atoms with Crippen molar-refractivity contribution in [3.8, 4) is 5.75 Å². The van der Waals surface area contributed by atoms with Gasteiger partial charge in [0.2, 0.25) is 10.0 Å². The Kier molecular flexibility index (Phi) is 5.71. The first-order chi connectivity index (χ1) is 12.9. The van der Waals surface area contributed by atoms with Crippen LogP contribution in [0.4, 0.5) is 0 Å². The zero-order chi connectivity index (χ0) is 19.6. The maximum absolute atomic E-state index is 13.0. The third-order valence-corrected chi connectivity index (χ3v) is 7.06. The average molecular weight is 396 g/mol. The average Bonchev–Trinajstić information content (AvgIpc) is 3.22. The van der Waals surface area contributed by atoms with Crippen molar-refractivity contribution in [2.24, 2.45) is 0 Å². The number of ether oxygens (including phenoxy) is 1. The number of hydrogen-bond acceptors (Lipinski definition) is 5. The van der Waals surface area contributed by atoms with Crippen LogP contribution in [0, 0.1) is 0 Å². The highest BCUT2D eigenvalue weighted by Crippen LogP contribution is 2.31. The molecule has 1 aromatic carbocycles. The lowest BCUT2D eigenvalue weighted by Crippen LogP contribution is -2.48. The van der Waals surface area contributed by atoms with E-state index in [0.717, 1.165) is 25.7 Å². The highest BCUT2D eigenvalue weighted by molar-refractivity contribution is 7.89. The van der Waals surface area contributed by atoms with Gasteiger partial charge in [0.25, 0.3) is 5.91 Å². The van der Waals surface area contributed by atoms with Crippen LogP contribution in [0.5, 0.6) is 5.75 Å². The molecule has 1 aromatic rings. The van der Waals surface area contributed by atoms with Crippen molar-refractivity contribution in [3.05, 3.63) is 23.8 Å². The van der Waals surface area contributed by atoms with Crippen molar-refractivity contribution in [3.63, 3.8) is 0 Å². The fourth-order valence-corrected chi connectivity index (χ4v) is 5.37. The number of nitrogens with zero attached hydrogens (tertiary/aromatic N) is 2. The zero-order valence-electron chi connectivity index (χ0n) is 15.3. The molecule has 0 spiro atoms. The molecule has 2 aliphatic heterocycles. The Labute approximate surface area is 158 Å². The minimum Gasteiger partial charge on any atom is -0.495 e. The van der Waals surface area contributed by atoms with Crippen LogP contribution < -0.4 is 4.74 Å². The molecule has 1 amide bonds. The minimum absolute atomic E-state index is 0.0540. The highest BCUT2D eigenvalue weighted by atomic mass is 32.2. The second-order valence-corrected chi connectivity index (χ2v) is 8.73. The van der Waals surface area contributed by atoms with Gasteiger partial charge in [0, 0.05) is 25.2 Å². The predicted octanol–water partition coefficient (Wildman–Crippen LogP) is 1.56. The standard InChI is InChI=1S/C18H24N2O6S/c1-26-15-8-7-13(12-16(15)27(24,25)19-9-4-5-10-19)17(21)20-11-3-2-6-14(20)18(22)23/h7-8,12,14H,2-6,9-11H2,1H3,(H,22,23)/t14-/m1/s1. The Balaban J connectivity index is 1.97. The maximum atomic E-state index is 13.0. The van der Waals surface area contributed by atoms with E-state index in [2.05, 4.69) is 0 Å². The van der Waals surface area contributed by atoms with Crippen molar-refractivity contribution >= 4 is 21.9 Å². The maximum Gasteiger partial charge on any atom is 0.326 e. The van der Waals surface area contributed by atoms with E-state index in [4.69, 9.17) is 4.74 Å². The van der Waals surface area contributed by atoms with E-state index in [1.54, 1.807) is 0 Å². The molecule has 0 radical (unpaired) electrons. The van der Waals surface area contributed by atoms with Crippen molar-refractivity contribution < 1.29 is 27.9 Å². The number of methoxy groups -OCH3 is 1. The summed E-state index contributed by atoms with van der Waals surface area (Å²) in [6.45, 7) is 1.23. The fraction of sp³-hybridized carbons (Fsp3) is 0.556. The first-order valence-corrected chi connectivity index (χ1v) is 10.5. The van der Waals surface area contributed by atoms with Crippen LogP contribution in [-0.4, -0.2) is 67.4 Å². The molecule has 2 aliphatic rings. The summed E-state index contributed by atoms with van der Waals surface area (Å²) < 4.78 is 32.5. The fourth-order valence-electron chi connectivity index (χ4n) is 3.68. The van der Waals surface area contributed by atoms with Gasteiger partial charge in [-0.15, -0.1) is 0 Å². The first kappa shape index (κ1) is 19.6. The molecule has 3 rings (SSSR count). The molecule has 27 heavy (non-hydrogen) atoms. The summed E-state index contributed by atoms with van der Waals surface area (Å²) >= 11 is 0. The number of carboxylic acids is 1. The summed E-state index contributed by atoms with van der Waals surface area (Å²) in [7, 11) is -2.40. The predicted molar refractivity (Wildman–Crippen MR) is 97.3 cm³/mol. The van der Waals surface area contributed by atoms with Crippen LogP contribution in [0.1, 0.15) is 42.5 Å². The SMILES string of the molecule is COc1ccc(C(=O)N2CCCC[C@@H]2C(=O)O)cc1S(=O)(=O)N1CCCC1. The number of carbonyl (C=O) groups is 2. The number of sulfonamides is 1. The Morgan fingerprint density at radius 3 is 2.41 bits per heavy atom. The number of rotatable bonds is 5. The number of piperidine rings is 1. The quantitative estimate of drug-likeness (QED) is 0.810. The number of carboxylic acid groups (broad SMARTS) is 1. The normalized spacial score (nSPS) is 21.2. The summed E-state index contributed by atoms with van der Waals surface area (Å²) in [5.74, 6) is -1.34. The van der Waals surface area contributed by atoms with Crippen LogP contribution in [0.25, 0.3) is 0 Å². The molecule has 2 heterocycles. The molecule has 0 bridgehead atoms. The number of carbonyl (C=O) groups excluding carboxylic acids is 1. The number of hydrogen-bond donors (Lipinski definition) is 1. The van der Waals surface area contributed by atoms with Crippen LogP contribution in [-0.2, 0) is 14.8 Å². The lowest BCUT2D eigenvalue weighted by atomic mass is 10.0. The van der Waals surface area contributed by atoms with Crippen molar-refractivity contribution in [1.82, 2.24) is 9.21 Å². The van der Waals surface area contributed by atoms with E-state index in [-0.39, 0.29) is 16.2 Å². The molecule has 9 heteroatoms. The number of amides is 1. The summed E-state index contributed by atoms with van der Waals surface area (Å²) in [4.78, 5) is 25.7. The molecule has 1 atom stereocenters. The minimum atomic E-state index is -3.78. The van der Waals surface area contributed by atoms with Gasteiger partial charge in [-0.1, -0.05) is 0 Å². The van der Waals surface area contributed by atoms with Crippen LogP contribution >= 0.6 is 0 Å². The van der Waals surface area contributed by atoms with E-state index in [1.165, 1.54) is 34.5 Å². The largest absolute Gasteiger partial charge is 0.495 e. The molecule has 8 nitrogen and oxygen atoms in total. The van der Waals surface area contributed by atoms with Gasteiger partial charge in [0.15, 0.2) is 0 Å². The topological polar surface area (TPSA) is 104 Å². The first-order valence-electron chi connectivity index (χ1n) is 9.08. The summed E-state index contributed by atoms with van der Waals surface area (Å²) in [6.07, 6.45) is 3.47. The Hall–Kier alpha value is -2.13. The molecule has 2 saturated heterocycles. The lowest BCUT2D eigenvalue weighted by molar-refractivity contribution is -0.143. The van der Waals surface area contributed by atoms with Gasteiger partial charge in [-0.3, -0.25) is 4.79 Å². The number of aliphatic carboxylic acids is 1.